The van der Waals surface area contributed by atoms with Crippen LogP contribution in [0.2, 0.25) is 0 Å². The van der Waals surface area contributed by atoms with Crippen LogP contribution in [0.5, 0.6) is 0 Å². The average Bonchev–Trinajstić information content (AvgIpc) is 3.17. The van der Waals surface area contributed by atoms with E-state index in [0.717, 1.165) is 48.0 Å². The van der Waals surface area contributed by atoms with E-state index in [9.17, 15) is 0 Å². The van der Waals surface area contributed by atoms with E-state index in [4.69, 9.17) is 0 Å². The molecule has 226 valence electrons. The molecule has 0 amide bonds. The third-order valence-corrected chi connectivity index (χ3v) is 14.9. The van der Waals surface area contributed by atoms with Crippen molar-refractivity contribution in [3.05, 3.63) is 53.0 Å². The number of nitrogens with zero attached hydrogens (tertiary/aromatic N) is 2. The number of hydrogen-bond acceptors (Lipinski definition) is 0. The van der Waals surface area contributed by atoms with Crippen LogP contribution in [0, 0.1) is 57.7 Å². The molecule has 0 unspecified atom stereocenters. The van der Waals surface area contributed by atoms with Crippen molar-refractivity contribution in [2.75, 3.05) is 0 Å². The Balaban J connectivity index is 0.00000302. The van der Waals surface area contributed by atoms with E-state index in [1.54, 1.807) is 0 Å². The molecule has 1 aromatic carbocycles. The smallest absolute Gasteiger partial charge is 0.244 e. The molecule has 0 saturated heterocycles. The summed E-state index contributed by atoms with van der Waals surface area (Å²) in [7, 11) is 0. The van der Waals surface area contributed by atoms with Gasteiger partial charge in [0.15, 0.2) is 0 Å². The van der Waals surface area contributed by atoms with Gasteiger partial charge in [-0.2, -0.15) is 0 Å². The first-order chi connectivity index (χ1) is 19.2. The molecule has 1 aromatic heterocycles. The molecule has 1 spiro atoms. The summed E-state index contributed by atoms with van der Waals surface area (Å²) in [6.07, 6.45) is 23.5. The highest BCUT2D eigenvalue weighted by Gasteiger charge is 2.78. The first-order valence-corrected chi connectivity index (χ1v) is 17.8. The third-order valence-electron chi connectivity index (χ3n) is 14.2. The number of rotatable bonds is 8. The van der Waals surface area contributed by atoms with Gasteiger partial charge in [-0.3, -0.25) is 0 Å². The Morgan fingerprint density at radius 2 is 1.80 bits per heavy atom. The van der Waals surface area contributed by atoms with Crippen LogP contribution >= 0.6 is 15.9 Å². The van der Waals surface area contributed by atoms with Crippen molar-refractivity contribution in [2.45, 2.75) is 118 Å². The number of hydrogen-bond donors (Lipinski definition) is 0. The molecular formula is C37H54Br2N2. The van der Waals surface area contributed by atoms with E-state index in [2.05, 4.69) is 103 Å². The lowest BCUT2D eigenvalue weighted by Crippen LogP contribution is -3.00. The van der Waals surface area contributed by atoms with Gasteiger partial charge in [0.2, 0.25) is 6.33 Å². The lowest BCUT2D eigenvalue weighted by molar-refractivity contribution is -0.688. The highest BCUT2D eigenvalue weighted by Crippen LogP contribution is 2.84. The number of fused-ring (bicyclic) bond motifs is 4. The molecule has 10 atom stereocenters. The fourth-order valence-corrected chi connectivity index (χ4v) is 12.6. The second kappa shape index (κ2) is 11.1. The maximum Gasteiger partial charge on any atom is 0.244 e. The van der Waals surface area contributed by atoms with E-state index >= 15 is 0 Å². The maximum atomic E-state index is 3.78. The van der Waals surface area contributed by atoms with Crippen molar-refractivity contribution in [1.29, 1.82) is 0 Å². The molecule has 5 aliphatic rings. The fourth-order valence-electron chi connectivity index (χ4n) is 12.2. The van der Waals surface area contributed by atoms with E-state index in [1.807, 2.05) is 0 Å². The molecule has 1 heterocycles. The molecule has 5 saturated carbocycles. The predicted molar refractivity (Wildman–Crippen MR) is 168 cm³/mol. The van der Waals surface area contributed by atoms with E-state index in [0.29, 0.717) is 22.3 Å². The first kappa shape index (κ1) is 30.4. The zero-order valence-electron chi connectivity index (χ0n) is 26.3. The van der Waals surface area contributed by atoms with Crippen molar-refractivity contribution >= 4 is 15.9 Å². The van der Waals surface area contributed by atoms with Crippen LogP contribution in [-0.2, 0) is 6.54 Å². The van der Waals surface area contributed by atoms with Gasteiger partial charge in [-0.25, -0.2) is 9.13 Å². The standard InChI is InChI=1S/C37H54BrN2.BrH/c1-25(2)9-8-10-26(3)30-13-14-31-29-21-34(40-20-19-39(24-40)23-27-11-6-7-12-33(27)38)37-22-28(37)15-18-36(37,5)32(29)16-17-35(30,31)4;/h6-7,11-12,19-20,24-26,28-32,34H,8-10,13-18,21-23H2,1-5H3;1H/q+1;/p-1/t26-,28-,29+,30-,31+,32+,34+,35-,36-,37+;/m1./s1. The summed E-state index contributed by atoms with van der Waals surface area (Å²) in [5, 5.41) is 0. The van der Waals surface area contributed by atoms with Crippen LogP contribution in [0.3, 0.4) is 0 Å². The third kappa shape index (κ3) is 4.69. The molecule has 7 rings (SSSR count). The van der Waals surface area contributed by atoms with Crippen molar-refractivity contribution in [2.24, 2.45) is 57.7 Å². The summed E-state index contributed by atoms with van der Waals surface area (Å²) in [6, 6.07) is 9.40. The van der Waals surface area contributed by atoms with Crippen molar-refractivity contribution < 1.29 is 21.5 Å². The molecule has 0 N–H and O–H groups in total. The molecule has 5 fully saturated rings. The van der Waals surface area contributed by atoms with Crippen LogP contribution in [0.25, 0.3) is 0 Å². The van der Waals surface area contributed by atoms with Gasteiger partial charge < -0.3 is 17.0 Å². The van der Waals surface area contributed by atoms with E-state index in [-0.39, 0.29) is 17.0 Å². The Morgan fingerprint density at radius 3 is 2.56 bits per heavy atom. The largest absolute Gasteiger partial charge is 1.00 e. The number of imidazole rings is 1. The highest BCUT2D eigenvalue weighted by atomic mass is 79.9. The summed E-state index contributed by atoms with van der Waals surface area (Å²) in [6.45, 7) is 13.9. The van der Waals surface area contributed by atoms with Crippen molar-refractivity contribution in [1.82, 2.24) is 4.57 Å². The Morgan fingerprint density at radius 1 is 1.00 bits per heavy atom. The maximum absolute atomic E-state index is 3.78. The summed E-state index contributed by atoms with van der Waals surface area (Å²) in [5.41, 5.74) is 3.05. The second-order valence-corrected chi connectivity index (χ2v) is 17.0. The highest BCUT2D eigenvalue weighted by molar-refractivity contribution is 9.10. The molecular weight excluding hydrogens is 632 g/mol. The molecule has 0 bridgehead atoms. The minimum absolute atomic E-state index is 0. The average molecular weight is 687 g/mol. The van der Waals surface area contributed by atoms with Gasteiger partial charge in [0.05, 0.1) is 0 Å². The number of benzene rings is 1. The van der Waals surface area contributed by atoms with Crippen LogP contribution < -0.4 is 21.5 Å². The molecule has 2 aromatic rings. The quantitative estimate of drug-likeness (QED) is 0.269. The molecule has 2 nitrogen and oxygen atoms in total. The molecule has 0 aliphatic heterocycles. The summed E-state index contributed by atoms with van der Waals surface area (Å²) in [4.78, 5) is 0. The predicted octanol–water partition coefficient (Wildman–Crippen LogP) is 6.86. The Bertz CT molecular complexity index is 1240. The molecule has 4 heteroatoms. The lowest BCUT2D eigenvalue weighted by Gasteiger charge is -2.60. The first-order valence-electron chi connectivity index (χ1n) is 17.0. The summed E-state index contributed by atoms with van der Waals surface area (Å²) < 4.78 is 6.36. The minimum atomic E-state index is 0. The van der Waals surface area contributed by atoms with Crippen LogP contribution in [0.4, 0.5) is 0 Å². The van der Waals surface area contributed by atoms with E-state index in [1.165, 1.54) is 80.7 Å². The van der Waals surface area contributed by atoms with Gasteiger partial charge >= 0.3 is 0 Å². The van der Waals surface area contributed by atoms with Crippen LogP contribution in [0.1, 0.15) is 117 Å². The Kier molecular flexibility index (Phi) is 8.22. The van der Waals surface area contributed by atoms with Crippen LogP contribution in [0.15, 0.2) is 47.5 Å². The summed E-state index contributed by atoms with van der Waals surface area (Å²) in [5.74, 6) is 6.50. The fraction of sp³-hybridized carbons (Fsp3) is 0.757. The SMILES string of the molecule is CC(C)CCC[C@@H](C)[C@H]1CC[C@H]2[C@@H]3C[C@H](n4cc[n+](Cc5ccccc5Br)c4)[C@]45C[C@H]4CC[C@]5(C)[C@H]3CC[C@]12C.[Br-]. The molecule has 5 aliphatic carbocycles. The second-order valence-electron chi connectivity index (χ2n) is 16.2. The lowest BCUT2D eigenvalue weighted by atomic mass is 9.44. The van der Waals surface area contributed by atoms with Gasteiger partial charge in [-0.15, -0.1) is 0 Å². The topological polar surface area (TPSA) is 8.81 Å². The van der Waals surface area contributed by atoms with Crippen molar-refractivity contribution in [3.8, 4) is 0 Å². The van der Waals surface area contributed by atoms with E-state index < -0.39 is 0 Å². The van der Waals surface area contributed by atoms with Gasteiger partial charge in [-0.05, 0) is 110 Å². The zero-order valence-corrected chi connectivity index (χ0v) is 29.5. The van der Waals surface area contributed by atoms with Gasteiger partial charge in [-0.1, -0.05) is 88.0 Å². The van der Waals surface area contributed by atoms with Gasteiger partial charge in [0, 0.05) is 15.5 Å². The molecule has 41 heavy (non-hydrogen) atoms. The monoisotopic (exact) mass is 684 g/mol. The zero-order chi connectivity index (χ0) is 27.9. The van der Waals surface area contributed by atoms with Gasteiger partial charge in [0.1, 0.15) is 25.0 Å². The van der Waals surface area contributed by atoms with Gasteiger partial charge in [0.25, 0.3) is 0 Å². The number of halogens is 2. The number of aromatic nitrogens is 2. The van der Waals surface area contributed by atoms with Crippen LogP contribution in [-0.4, -0.2) is 4.57 Å². The normalized spacial score (nSPS) is 41.2. The molecule has 0 radical (unpaired) electrons. The Hall–Kier alpha value is -0.610. The van der Waals surface area contributed by atoms with Crippen molar-refractivity contribution in [3.63, 3.8) is 0 Å². The summed E-state index contributed by atoms with van der Waals surface area (Å²) >= 11 is 3.78. The minimum Gasteiger partial charge on any atom is -1.00 e. The Labute approximate surface area is 269 Å².